The Morgan fingerprint density at radius 3 is 2.24 bits per heavy atom. The van der Waals surface area contributed by atoms with Gasteiger partial charge in [0.1, 0.15) is 5.75 Å². The second-order valence-corrected chi connectivity index (χ2v) is 7.95. The number of ether oxygens (including phenoxy) is 1. The van der Waals surface area contributed by atoms with Crippen LogP contribution in [0.1, 0.15) is 46.0 Å². The molecule has 0 radical (unpaired) electrons. The van der Waals surface area contributed by atoms with Gasteiger partial charge in [-0.1, -0.05) is 37.6 Å². The minimum absolute atomic E-state index is 0.133. The largest absolute Gasteiger partial charge is 0.494 e. The Bertz CT molecular complexity index is 1150. The maximum absolute atomic E-state index is 12.6. The van der Waals surface area contributed by atoms with Crippen LogP contribution in [0.2, 0.25) is 0 Å². The molecule has 0 bridgehead atoms. The minimum atomic E-state index is -0.346. The molecule has 0 heterocycles. The summed E-state index contributed by atoms with van der Waals surface area (Å²) in [6.07, 6.45) is 1.99. The van der Waals surface area contributed by atoms with Crippen molar-refractivity contribution in [3.63, 3.8) is 0 Å². The average molecular weight is 462 g/mol. The van der Waals surface area contributed by atoms with E-state index in [1.54, 1.807) is 42.5 Å². The Balaban J connectivity index is 1.59. The molecule has 3 aromatic carbocycles. The molecule has 0 unspecified atom stereocenters. The van der Waals surface area contributed by atoms with Crippen LogP contribution in [0.15, 0.2) is 72.8 Å². The van der Waals surface area contributed by atoms with Crippen LogP contribution in [0.3, 0.4) is 0 Å². The van der Waals surface area contributed by atoms with E-state index in [9.17, 15) is 9.59 Å². The van der Waals surface area contributed by atoms with Crippen molar-refractivity contribution >= 4 is 40.5 Å². The molecule has 0 aliphatic carbocycles. The Labute approximate surface area is 199 Å². The number of aryl methyl sites for hydroxylation is 1. The van der Waals surface area contributed by atoms with Crippen molar-refractivity contribution in [2.75, 3.05) is 17.2 Å². The molecular weight excluding hydrogens is 434 g/mol. The first-order chi connectivity index (χ1) is 15.9. The third-order valence-electron chi connectivity index (χ3n) is 4.75. The van der Waals surface area contributed by atoms with Gasteiger partial charge in [-0.2, -0.15) is 0 Å². The summed E-state index contributed by atoms with van der Waals surface area (Å²) >= 11 is 5.28. The van der Waals surface area contributed by atoms with Crippen LogP contribution < -0.4 is 20.7 Å². The Morgan fingerprint density at radius 2 is 1.52 bits per heavy atom. The second-order valence-electron chi connectivity index (χ2n) is 7.54. The fraction of sp³-hybridized carbons (Fsp3) is 0.192. The third-order valence-corrected chi connectivity index (χ3v) is 4.95. The third kappa shape index (κ3) is 7.43. The van der Waals surface area contributed by atoms with Gasteiger partial charge >= 0.3 is 0 Å². The standard InChI is InChI=1S/C26H27N3O3S/c1-3-4-14-32-23-13-7-10-20(17-23)25(31)29-26(33)28-22-12-6-9-19(16-22)24(30)27-21-11-5-8-18(2)15-21/h5-13,15-17H,3-4,14H2,1-2H3,(H,27,30)(H2,28,29,31,33). The zero-order valence-corrected chi connectivity index (χ0v) is 19.5. The molecule has 0 spiro atoms. The minimum Gasteiger partial charge on any atom is -0.494 e. The monoisotopic (exact) mass is 461 g/mol. The number of rotatable bonds is 8. The normalized spacial score (nSPS) is 10.2. The lowest BCUT2D eigenvalue weighted by Gasteiger charge is -2.12. The highest BCUT2D eigenvalue weighted by Crippen LogP contribution is 2.16. The fourth-order valence-electron chi connectivity index (χ4n) is 3.06. The molecule has 0 saturated carbocycles. The van der Waals surface area contributed by atoms with Gasteiger partial charge < -0.3 is 15.4 Å². The zero-order valence-electron chi connectivity index (χ0n) is 18.7. The molecule has 3 rings (SSSR count). The van der Waals surface area contributed by atoms with E-state index in [0.717, 1.165) is 24.1 Å². The SMILES string of the molecule is CCCCOc1cccc(C(=O)NC(=S)Nc2cccc(C(=O)Nc3cccc(C)c3)c2)c1. The van der Waals surface area contributed by atoms with Crippen LogP contribution in [-0.4, -0.2) is 23.5 Å². The van der Waals surface area contributed by atoms with E-state index in [1.807, 2.05) is 37.3 Å². The van der Waals surface area contributed by atoms with Crippen molar-refractivity contribution in [1.82, 2.24) is 5.32 Å². The number of thiocarbonyl (C=S) groups is 1. The average Bonchev–Trinajstić information content (AvgIpc) is 2.79. The molecule has 170 valence electrons. The first-order valence-electron chi connectivity index (χ1n) is 10.8. The van der Waals surface area contributed by atoms with E-state index in [2.05, 4.69) is 22.9 Å². The van der Waals surface area contributed by atoms with Crippen LogP contribution in [0.25, 0.3) is 0 Å². The molecule has 0 atom stereocenters. The summed E-state index contributed by atoms with van der Waals surface area (Å²) in [5.74, 6) is 0.0585. The molecule has 0 aliphatic rings. The predicted octanol–water partition coefficient (Wildman–Crippen LogP) is 5.55. The van der Waals surface area contributed by atoms with E-state index >= 15 is 0 Å². The molecule has 0 aromatic heterocycles. The maximum atomic E-state index is 12.6. The van der Waals surface area contributed by atoms with Gasteiger partial charge in [-0.15, -0.1) is 0 Å². The summed E-state index contributed by atoms with van der Waals surface area (Å²) in [5, 5.41) is 8.62. The number of benzene rings is 3. The predicted molar refractivity (Wildman–Crippen MR) is 136 cm³/mol. The molecule has 6 nitrogen and oxygen atoms in total. The quantitative estimate of drug-likeness (QED) is 0.303. The second kappa shape index (κ2) is 11.8. The maximum Gasteiger partial charge on any atom is 0.257 e. The Kier molecular flexibility index (Phi) is 8.55. The van der Waals surface area contributed by atoms with Gasteiger partial charge in [0.25, 0.3) is 11.8 Å². The molecule has 33 heavy (non-hydrogen) atoms. The summed E-state index contributed by atoms with van der Waals surface area (Å²) in [6, 6.07) is 21.4. The molecule has 3 N–H and O–H groups in total. The lowest BCUT2D eigenvalue weighted by atomic mass is 10.1. The first-order valence-corrected chi connectivity index (χ1v) is 11.2. The molecule has 2 amide bonds. The molecular formula is C26H27N3O3S. The van der Waals surface area contributed by atoms with Crippen molar-refractivity contribution < 1.29 is 14.3 Å². The van der Waals surface area contributed by atoms with E-state index in [0.29, 0.717) is 29.2 Å². The number of hydrogen-bond donors (Lipinski definition) is 3. The topological polar surface area (TPSA) is 79.5 Å². The summed E-state index contributed by atoms with van der Waals surface area (Å²) in [7, 11) is 0. The van der Waals surface area contributed by atoms with Crippen LogP contribution in [-0.2, 0) is 0 Å². The number of carbonyl (C=O) groups excluding carboxylic acids is 2. The number of carbonyl (C=O) groups is 2. The van der Waals surface area contributed by atoms with Crippen molar-refractivity contribution in [3.05, 3.63) is 89.5 Å². The highest BCUT2D eigenvalue weighted by Gasteiger charge is 2.11. The number of unbranched alkanes of at least 4 members (excludes halogenated alkanes) is 1. The van der Waals surface area contributed by atoms with E-state index in [1.165, 1.54) is 0 Å². The van der Waals surface area contributed by atoms with Gasteiger partial charge in [-0.05, 0) is 79.7 Å². The molecule has 3 aromatic rings. The molecule has 0 fully saturated rings. The number of hydrogen-bond acceptors (Lipinski definition) is 4. The highest BCUT2D eigenvalue weighted by atomic mass is 32.1. The zero-order chi connectivity index (χ0) is 23.6. The van der Waals surface area contributed by atoms with E-state index in [4.69, 9.17) is 17.0 Å². The van der Waals surface area contributed by atoms with Crippen LogP contribution in [0, 0.1) is 6.92 Å². The lowest BCUT2D eigenvalue weighted by Crippen LogP contribution is -2.34. The van der Waals surface area contributed by atoms with Gasteiger partial charge in [0, 0.05) is 22.5 Å². The highest BCUT2D eigenvalue weighted by molar-refractivity contribution is 7.80. The first kappa shape index (κ1) is 23.9. The summed E-state index contributed by atoms with van der Waals surface area (Å²) in [4.78, 5) is 25.2. The fourth-order valence-corrected chi connectivity index (χ4v) is 3.27. The van der Waals surface area contributed by atoms with Gasteiger partial charge in [0.15, 0.2) is 5.11 Å². The number of anilines is 2. The molecule has 0 aliphatic heterocycles. The van der Waals surface area contributed by atoms with E-state index in [-0.39, 0.29) is 16.9 Å². The Morgan fingerprint density at radius 1 is 0.848 bits per heavy atom. The van der Waals surface area contributed by atoms with Crippen LogP contribution >= 0.6 is 12.2 Å². The van der Waals surface area contributed by atoms with Gasteiger partial charge in [-0.3, -0.25) is 14.9 Å². The summed E-state index contributed by atoms with van der Waals surface area (Å²) in [6.45, 7) is 4.66. The Hall–Kier alpha value is -3.71. The van der Waals surface area contributed by atoms with Gasteiger partial charge in [0.2, 0.25) is 0 Å². The lowest BCUT2D eigenvalue weighted by molar-refractivity contribution is 0.0975. The van der Waals surface area contributed by atoms with Crippen molar-refractivity contribution in [3.8, 4) is 5.75 Å². The van der Waals surface area contributed by atoms with Crippen molar-refractivity contribution in [2.45, 2.75) is 26.7 Å². The van der Waals surface area contributed by atoms with Crippen LogP contribution in [0.4, 0.5) is 11.4 Å². The van der Waals surface area contributed by atoms with Gasteiger partial charge in [-0.25, -0.2) is 0 Å². The van der Waals surface area contributed by atoms with Crippen LogP contribution in [0.5, 0.6) is 5.75 Å². The number of amides is 2. The van der Waals surface area contributed by atoms with E-state index < -0.39 is 0 Å². The summed E-state index contributed by atoms with van der Waals surface area (Å²) in [5.41, 5.74) is 3.28. The summed E-state index contributed by atoms with van der Waals surface area (Å²) < 4.78 is 5.66. The van der Waals surface area contributed by atoms with Crippen molar-refractivity contribution in [1.29, 1.82) is 0 Å². The number of nitrogens with one attached hydrogen (secondary N) is 3. The molecule has 0 saturated heterocycles. The smallest absolute Gasteiger partial charge is 0.257 e. The van der Waals surface area contributed by atoms with Crippen molar-refractivity contribution in [2.24, 2.45) is 0 Å². The van der Waals surface area contributed by atoms with Gasteiger partial charge in [0.05, 0.1) is 6.61 Å². The molecule has 7 heteroatoms.